The molecular formula is C36H51N9O6S. The number of urea groups is 1. The number of Topliss-reactive ketones (excluding diaryl/α,β-unsaturated/α-hetero) is 1. The molecule has 0 radical (unpaired) electrons. The number of aryl methyl sites for hydroxylation is 2. The summed E-state index contributed by atoms with van der Waals surface area (Å²) in [6.45, 7) is 14.8. The van der Waals surface area contributed by atoms with Gasteiger partial charge in [0.25, 0.3) is 5.91 Å². The van der Waals surface area contributed by atoms with Crippen molar-refractivity contribution in [2.45, 2.75) is 123 Å². The SMILES string of the molecule is CCC[C@H](NC(=O)[C@@H]1C[C@@H](Oc2nc(-c3c(C)cnn3C)nc3ccsc23)CN1C(=O)[C@@H](NC(=O)NC(C)(C)C)C(C)(C)C)C(=O)C(=O)NC1CC1. The summed E-state index contributed by atoms with van der Waals surface area (Å²) in [5, 5.41) is 17.4. The van der Waals surface area contributed by atoms with Gasteiger partial charge in [-0.05, 0) is 69.4 Å². The Bertz CT molecular complexity index is 1820. The molecule has 4 heterocycles. The fourth-order valence-corrected chi connectivity index (χ4v) is 6.98. The van der Waals surface area contributed by atoms with Crippen LogP contribution in [0, 0.1) is 12.3 Å². The Morgan fingerprint density at radius 2 is 1.77 bits per heavy atom. The summed E-state index contributed by atoms with van der Waals surface area (Å²) in [4.78, 5) is 78.6. The number of ether oxygens (including phenoxy) is 1. The van der Waals surface area contributed by atoms with Crippen LogP contribution in [-0.4, -0.2) is 96.5 Å². The molecular weight excluding hydrogens is 687 g/mol. The monoisotopic (exact) mass is 737 g/mol. The number of thiophene rings is 1. The van der Waals surface area contributed by atoms with Gasteiger partial charge in [0.2, 0.25) is 23.5 Å². The first-order valence-electron chi connectivity index (χ1n) is 17.8. The maximum Gasteiger partial charge on any atom is 0.315 e. The van der Waals surface area contributed by atoms with Crippen molar-refractivity contribution in [3.05, 3.63) is 23.2 Å². The number of fused-ring (bicyclic) bond motifs is 1. The van der Waals surface area contributed by atoms with Gasteiger partial charge < -0.3 is 30.9 Å². The molecule has 4 N–H and O–H groups in total. The van der Waals surface area contributed by atoms with Crippen LogP contribution in [0.25, 0.3) is 21.7 Å². The minimum absolute atomic E-state index is 0.00241. The summed E-state index contributed by atoms with van der Waals surface area (Å²) in [5.74, 6) is -1.80. The van der Waals surface area contributed by atoms with E-state index in [-0.39, 0.29) is 25.4 Å². The molecule has 2 aliphatic rings. The van der Waals surface area contributed by atoms with Crippen molar-refractivity contribution in [1.82, 2.24) is 45.9 Å². The van der Waals surface area contributed by atoms with Gasteiger partial charge in [0.15, 0.2) is 5.82 Å². The molecule has 5 amide bonds. The zero-order valence-corrected chi connectivity index (χ0v) is 32.3. The third kappa shape index (κ3) is 9.06. The van der Waals surface area contributed by atoms with E-state index in [4.69, 9.17) is 14.7 Å². The third-order valence-electron chi connectivity index (χ3n) is 8.96. The molecule has 282 valence electrons. The second-order valence-electron chi connectivity index (χ2n) is 15.9. The Labute approximate surface area is 308 Å². The van der Waals surface area contributed by atoms with Crippen LogP contribution in [0.3, 0.4) is 0 Å². The number of nitrogens with zero attached hydrogens (tertiary/aromatic N) is 5. The molecule has 52 heavy (non-hydrogen) atoms. The maximum absolute atomic E-state index is 14.5. The van der Waals surface area contributed by atoms with Gasteiger partial charge in [0.05, 0.1) is 24.3 Å². The van der Waals surface area contributed by atoms with E-state index in [1.54, 1.807) is 17.9 Å². The van der Waals surface area contributed by atoms with Crippen molar-refractivity contribution in [3.8, 4) is 17.4 Å². The fraction of sp³-hybridized carbons (Fsp3) is 0.611. The summed E-state index contributed by atoms with van der Waals surface area (Å²) >= 11 is 1.41. The predicted molar refractivity (Wildman–Crippen MR) is 197 cm³/mol. The number of nitrogens with one attached hydrogen (secondary N) is 4. The summed E-state index contributed by atoms with van der Waals surface area (Å²) in [6, 6.07) is -1.84. The Morgan fingerprint density at radius 3 is 2.37 bits per heavy atom. The first-order chi connectivity index (χ1) is 24.4. The van der Waals surface area contributed by atoms with Crippen molar-refractivity contribution in [2.24, 2.45) is 12.5 Å². The molecule has 4 atom stereocenters. The van der Waals surface area contributed by atoms with E-state index in [1.165, 1.54) is 16.2 Å². The van der Waals surface area contributed by atoms with Crippen LogP contribution >= 0.6 is 11.3 Å². The molecule has 15 nitrogen and oxygen atoms in total. The lowest BCUT2D eigenvalue weighted by atomic mass is 9.85. The number of rotatable bonds is 12. The number of hydrogen-bond acceptors (Lipinski definition) is 10. The van der Waals surface area contributed by atoms with Gasteiger partial charge >= 0.3 is 6.03 Å². The standard InChI is InChI=1S/C36H51N9O6S/c1-10-11-22(26(46)31(48)38-20-12-13-20)40-30(47)24-16-21(18-45(24)33(49)28(35(3,4)5)41-34(50)43-36(6,7)8)51-32-27-23(14-15-52-27)39-29(42-32)25-19(2)17-37-44(25)9/h14-15,17,20-22,24,28H,10-13,16,18H2,1-9H3,(H,38,48)(H,40,47)(H2,41,43,50)/t21-,22+,24+,28-/m1/s1. The van der Waals surface area contributed by atoms with E-state index < -0.39 is 64.7 Å². The van der Waals surface area contributed by atoms with Crippen molar-refractivity contribution in [2.75, 3.05) is 6.54 Å². The zero-order chi connectivity index (χ0) is 38.1. The second kappa shape index (κ2) is 15.2. The molecule has 0 unspecified atom stereocenters. The summed E-state index contributed by atoms with van der Waals surface area (Å²) in [6.07, 6.45) is 3.52. The number of likely N-dealkylation sites (tertiary alicyclic amines) is 1. The van der Waals surface area contributed by atoms with Gasteiger partial charge in [-0.1, -0.05) is 34.1 Å². The summed E-state index contributed by atoms with van der Waals surface area (Å²) < 4.78 is 8.95. The van der Waals surface area contributed by atoms with E-state index >= 15 is 0 Å². The Kier molecular flexibility index (Phi) is 11.3. The molecule has 1 saturated heterocycles. The molecule has 1 aliphatic heterocycles. The van der Waals surface area contributed by atoms with Gasteiger partial charge in [-0.25, -0.2) is 9.78 Å². The molecule has 3 aromatic rings. The maximum atomic E-state index is 14.5. The van der Waals surface area contributed by atoms with Crippen LogP contribution in [0.15, 0.2) is 17.6 Å². The van der Waals surface area contributed by atoms with Gasteiger partial charge in [-0.2, -0.15) is 10.1 Å². The van der Waals surface area contributed by atoms with Crippen LogP contribution in [-0.2, 0) is 26.2 Å². The van der Waals surface area contributed by atoms with Gasteiger partial charge in [-0.3, -0.25) is 23.9 Å². The largest absolute Gasteiger partial charge is 0.471 e. The number of carbonyl (C=O) groups excluding carboxylic acids is 5. The first kappa shape index (κ1) is 38.6. The highest BCUT2D eigenvalue weighted by molar-refractivity contribution is 7.17. The van der Waals surface area contributed by atoms with Gasteiger partial charge in [0, 0.05) is 25.0 Å². The molecule has 16 heteroatoms. The van der Waals surface area contributed by atoms with Gasteiger partial charge in [0.1, 0.15) is 28.6 Å². The van der Waals surface area contributed by atoms with Crippen LogP contribution in [0.5, 0.6) is 5.88 Å². The molecule has 2 fully saturated rings. The quantitative estimate of drug-likeness (QED) is 0.202. The average molecular weight is 738 g/mol. The highest BCUT2D eigenvalue weighted by Crippen LogP contribution is 2.34. The molecule has 1 saturated carbocycles. The predicted octanol–water partition coefficient (Wildman–Crippen LogP) is 3.39. The average Bonchev–Trinajstić information content (AvgIpc) is 3.39. The van der Waals surface area contributed by atoms with E-state index in [1.807, 2.05) is 66.8 Å². The third-order valence-corrected chi connectivity index (χ3v) is 9.85. The van der Waals surface area contributed by atoms with E-state index in [0.717, 1.165) is 24.1 Å². The van der Waals surface area contributed by atoms with Crippen molar-refractivity contribution in [1.29, 1.82) is 0 Å². The Morgan fingerprint density at radius 1 is 1.06 bits per heavy atom. The Hall–Kier alpha value is -4.60. The molecule has 5 rings (SSSR count). The molecule has 0 spiro atoms. The number of aromatic nitrogens is 4. The van der Waals surface area contributed by atoms with Crippen LogP contribution in [0.2, 0.25) is 0 Å². The lowest BCUT2D eigenvalue weighted by Gasteiger charge is -2.36. The highest BCUT2D eigenvalue weighted by atomic mass is 32.1. The molecule has 1 aliphatic carbocycles. The van der Waals surface area contributed by atoms with Crippen molar-refractivity contribution in [3.63, 3.8) is 0 Å². The fourth-order valence-electron chi connectivity index (χ4n) is 6.21. The number of carbonyl (C=O) groups is 5. The Balaban J connectivity index is 1.46. The van der Waals surface area contributed by atoms with Gasteiger partial charge in [-0.15, -0.1) is 11.3 Å². The highest BCUT2D eigenvalue weighted by Gasteiger charge is 2.47. The molecule has 0 aromatic carbocycles. The van der Waals surface area contributed by atoms with E-state index in [0.29, 0.717) is 28.3 Å². The van der Waals surface area contributed by atoms with E-state index in [2.05, 4.69) is 26.4 Å². The second-order valence-corrected chi connectivity index (χ2v) is 16.8. The van der Waals surface area contributed by atoms with Crippen LogP contribution in [0.4, 0.5) is 4.79 Å². The smallest absolute Gasteiger partial charge is 0.315 e. The summed E-state index contributed by atoms with van der Waals surface area (Å²) in [7, 11) is 1.81. The lowest BCUT2D eigenvalue weighted by Crippen LogP contribution is -2.61. The van der Waals surface area contributed by atoms with E-state index in [9.17, 15) is 24.0 Å². The van der Waals surface area contributed by atoms with Crippen LogP contribution < -0.4 is 26.0 Å². The van der Waals surface area contributed by atoms with Crippen LogP contribution in [0.1, 0.15) is 86.1 Å². The number of amides is 5. The normalized spacial score (nSPS) is 18.8. The minimum atomic E-state index is -1.08. The summed E-state index contributed by atoms with van der Waals surface area (Å²) in [5.41, 5.74) is 0.978. The minimum Gasteiger partial charge on any atom is -0.471 e. The number of ketones is 1. The topological polar surface area (TPSA) is 190 Å². The van der Waals surface area contributed by atoms with Crippen molar-refractivity contribution < 1.29 is 28.7 Å². The lowest BCUT2D eigenvalue weighted by molar-refractivity contribution is -0.144. The number of hydrogen-bond donors (Lipinski definition) is 4. The molecule has 0 bridgehead atoms. The first-order valence-corrected chi connectivity index (χ1v) is 18.7. The van der Waals surface area contributed by atoms with Crippen molar-refractivity contribution >= 4 is 51.1 Å². The zero-order valence-electron chi connectivity index (χ0n) is 31.5. The molecule has 3 aromatic heterocycles.